The molecule has 4 rings (SSSR count). The fraction of sp³-hybridized carbons (Fsp3) is 0.429. The Morgan fingerprint density at radius 1 is 1.31 bits per heavy atom. The molecule has 0 saturated carbocycles. The standard InChI is InChI=1S/C21H25FN4O2S/c1-13-11-29-19-17(13)18(23-16-10-14(22)4-5-15(16)24-19)26-8-6-25(7-9-26)12-21(2,3)20(27)28/h4-5,10-11,24H,6-9,12H2,1-3H3,(H,27,28). The molecule has 1 saturated heterocycles. The summed E-state index contributed by atoms with van der Waals surface area (Å²) < 4.78 is 13.8. The lowest BCUT2D eigenvalue weighted by molar-refractivity contribution is -0.148. The lowest BCUT2D eigenvalue weighted by Gasteiger charge is -2.39. The highest BCUT2D eigenvalue weighted by Gasteiger charge is 2.33. The Kier molecular flexibility index (Phi) is 5.08. The van der Waals surface area contributed by atoms with Crippen LogP contribution in [0.3, 0.4) is 0 Å². The number of benzene rings is 1. The van der Waals surface area contributed by atoms with Gasteiger partial charge < -0.3 is 15.3 Å². The van der Waals surface area contributed by atoms with Crippen LogP contribution >= 0.6 is 11.3 Å². The van der Waals surface area contributed by atoms with Crippen LogP contribution in [0.25, 0.3) is 0 Å². The van der Waals surface area contributed by atoms with Gasteiger partial charge >= 0.3 is 5.97 Å². The Balaban J connectivity index is 1.60. The molecular weight excluding hydrogens is 391 g/mol. The highest BCUT2D eigenvalue weighted by Crippen LogP contribution is 2.39. The first kappa shape index (κ1) is 19.8. The molecule has 1 aromatic heterocycles. The Hall–Kier alpha value is -2.45. The predicted octanol–water partition coefficient (Wildman–Crippen LogP) is 4.06. The van der Waals surface area contributed by atoms with Crippen LogP contribution in [0.1, 0.15) is 25.0 Å². The van der Waals surface area contributed by atoms with E-state index in [9.17, 15) is 14.3 Å². The molecule has 154 valence electrons. The number of aryl methyl sites for hydroxylation is 1. The Bertz CT molecular complexity index is 977. The molecule has 0 unspecified atom stereocenters. The number of piperazine rings is 1. The molecule has 29 heavy (non-hydrogen) atoms. The zero-order valence-corrected chi connectivity index (χ0v) is 17.6. The Morgan fingerprint density at radius 3 is 2.72 bits per heavy atom. The summed E-state index contributed by atoms with van der Waals surface area (Å²) in [6.07, 6.45) is 0. The number of amidine groups is 1. The van der Waals surface area contributed by atoms with Gasteiger partial charge in [0.2, 0.25) is 0 Å². The number of carbonyl (C=O) groups is 1. The van der Waals surface area contributed by atoms with Gasteiger partial charge in [0.05, 0.1) is 22.4 Å². The van der Waals surface area contributed by atoms with E-state index in [1.54, 1.807) is 31.3 Å². The van der Waals surface area contributed by atoms with Crippen molar-refractivity contribution in [3.05, 3.63) is 40.5 Å². The van der Waals surface area contributed by atoms with Crippen molar-refractivity contribution >= 4 is 39.5 Å². The molecule has 2 aliphatic rings. The second-order valence-corrected chi connectivity index (χ2v) is 9.18. The van der Waals surface area contributed by atoms with Gasteiger partial charge in [-0.15, -0.1) is 11.3 Å². The number of aliphatic carboxylic acids is 1. The summed E-state index contributed by atoms with van der Waals surface area (Å²) in [5.41, 5.74) is 2.81. The molecule has 0 aliphatic carbocycles. The number of hydrogen-bond donors (Lipinski definition) is 2. The van der Waals surface area contributed by atoms with Crippen molar-refractivity contribution < 1.29 is 14.3 Å². The number of halogens is 1. The normalized spacial score (nSPS) is 17.1. The van der Waals surface area contributed by atoms with Crippen molar-refractivity contribution in [2.24, 2.45) is 10.4 Å². The molecule has 2 aromatic rings. The SMILES string of the molecule is Cc1csc2c1C(N1CCN(CC(C)(C)C(=O)O)CC1)=Nc1cc(F)ccc1N2. The highest BCUT2D eigenvalue weighted by molar-refractivity contribution is 7.14. The van der Waals surface area contributed by atoms with Gasteiger partial charge in [-0.1, -0.05) is 0 Å². The summed E-state index contributed by atoms with van der Waals surface area (Å²) in [4.78, 5) is 20.7. The van der Waals surface area contributed by atoms with E-state index >= 15 is 0 Å². The molecule has 0 atom stereocenters. The van der Waals surface area contributed by atoms with Gasteiger partial charge in [-0.2, -0.15) is 0 Å². The van der Waals surface area contributed by atoms with Gasteiger partial charge in [0.15, 0.2) is 0 Å². The van der Waals surface area contributed by atoms with Gasteiger partial charge in [-0.25, -0.2) is 9.38 Å². The number of anilines is 2. The maximum atomic E-state index is 13.8. The van der Waals surface area contributed by atoms with Crippen LogP contribution in [0.15, 0.2) is 28.6 Å². The van der Waals surface area contributed by atoms with Crippen molar-refractivity contribution in [2.45, 2.75) is 20.8 Å². The summed E-state index contributed by atoms with van der Waals surface area (Å²) in [5, 5.41) is 15.9. The van der Waals surface area contributed by atoms with E-state index in [1.165, 1.54) is 12.1 Å². The van der Waals surface area contributed by atoms with E-state index in [1.807, 2.05) is 0 Å². The first-order chi connectivity index (χ1) is 13.7. The maximum absolute atomic E-state index is 13.8. The van der Waals surface area contributed by atoms with Crippen molar-refractivity contribution in [3.8, 4) is 0 Å². The van der Waals surface area contributed by atoms with Crippen LogP contribution in [0.2, 0.25) is 0 Å². The van der Waals surface area contributed by atoms with Crippen LogP contribution in [0.4, 0.5) is 20.8 Å². The minimum atomic E-state index is -0.781. The third-order valence-electron chi connectivity index (χ3n) is 5.50. The number of carboxylic acid groups (broad SMARTS) is 1. The molecule has 2 aliphatic heterocycles. The van der Waals surface area contributed by atoms with Crippen molar-refractivity contribution in [3.63, 3.8) is 0 Å². The quantitative estimate of drug-likeness (QED) is 0.790. The number of rotatable bonds is 3. The van der Waals surface area contributed by atoms with Crippen LogP contribution < -0.4 is 5.32 Å². The number of hydrogen-bond acceptors (Lipinski definition) is 6. The number of carboxylic acids is 1. The smallest absolute Gasteiger partial charge is 0.310 e. The first-order valence-corrected chi connectivity index (χ1v) is 10.6. The number of nitrogens with zero attached hydrogens (tertiary/aromatic N) is 3. The molecule has 1 aromatic carbocycles. The van der Waals surface area contributed by atoms with Gasteiger partial charge in [0.25, 0.3) is 0 Å². The minimum Gasteiger partial charge on any atom is -0.481 e. The van der Waals surface area contributed by atoms with Crippen LogP contribution in [-0.4, -0.2) is 59.4 Å². The number of fused-ring (bicyclic) bond motifs is 2. The molecule has 8 heteroatoms. The second kappa shape index (κ2) is 7.42. The number of nitrogens with one attached hydrogen (secondary N) is 1. The highest BCUT2D eigenvalue weighted by atomic mass is 32.1. The summed E-state index contributed by atoms with van der Waals surface area (Å²) in [6, 6.07) is 4.62. The zero-order valence-electron chi connectivity index (χ0n) is 16.8. The average molecular weight is 417 g/mol. The molecule has 1 fully saturated rings. The van der Waals surface area contributed by atoms with Gasteiger partial charge in [0, 0.05) is 38.8 Å². The first-order valence-electron chi connectivity index (χ1n) is 9.69. The van der Waals surface area contributed by atoms with E-state index in [0.717, 1.165) is 53.8 Å². The molecule has 0 spiro atoms. The van der Waals surface area contributed by atoms with E-state index < -0.39 is 11.4 Å². The second-order valence-electron chi connectivity index (χ2n) is 8.30. The van der Waals surface area contributed by atoms with Crippen LogP contribution in [0.5, 0.6) is 0 Å². The van der Waals surface area contributed by atoms with E-state index in [4.69, 9.17) is 4.99 Å². The van der Waals surface area contributed by atoms with Gasteiger partial charge in [-0.05, 0) is 43.8 Å². The monoisotopic (exact) mass is 416 g/mol. The predicted molar refractivity (Wildman–Crippen MR) is 114 cm³/mol. The third-order valence-corrected chi connectivity index (χ3v) is 6.52. The van der Waals surface area contributed by atoms with Crippen LogP contribution in [0, 0.1) is 18.2 Å². The fourth-order valence-corrected chi connectivity index (χ4v) is 4.73. The molecule has 0 bridgehead atoms. The molecule has 0 radical (unpaired) electrons. The van der Waals surface area contributed by atoms with E-state index in [2.05, 4.69) is 27.4 Å². The third kappa shape index (κ3) is 3.86. The van der Waals surface area contributed by atoms with Crippen molar-refractivity contribution in [1.29, 1.82) is 0 Å². The van der Waals surface area contributed by atoms with E-state index in [0.29, 0.717) is 12.2 Å². The molecular formula is C21H25FN4O2S. The number of aliphatic imine (C=N–C) groups is 1. The van der Waals surface area contributed by atoms with E-state index in [-0.39, 0.29) is 5.82 Å². The topological polar surface area (TPSA) is 68.2 Å². The maximum Gasteiger partial charge on any atom is 0.310 e. The Morgan fingerprint density at radius 2 is 2.03 bits per heavy atom. The van der Waals surface area contributed by atoms with Gasteiger partial charge in [0.1, 0.15) is 16.7 Å². The van der Waals surface area contributed by atoms with Gasteiger partial charge in [-0.3, -0.25) is 9.69 Å². The molecule has 2 N–H and O–H groups in total. The average Bonchev–Trinajstić information content (AvgIpc) is 2.93. The van der Waals surface area contributed by atoms with Crippen molar-refractivity contribution in [2.75, 3.05) is 38.0 Å². The van der Waals surface area contributed by atoms with Crippen molar-refractivity contribution in [1.82, 2.24) is 9.80 Å². The Labute approximate surface area is 173 Å². The minimum absolute atomic E-state index is 0.309. The lowest BCUT2D eigenvalue weighted by Crippen LogP contribution is -2.52. The largest absolute Gasteiger partial charge is 0.481 e. The summed E-state index contributed by atoms with van der Waals surface area (Å²) >= 11 is 1.62. The van der Waals surface area contributed by atoms with Crippen LogP contribution in [-0.2, 0) is 4.79 Å². The fourth-order valence-electron chi connectivity index (χ4n) is 3.78. The molecule has 0 amide bonds. The summed E-state index contributed by atoms with van der Waals surface area (Å²) in [7, 11) is 0. The number of thiophene rings is 1. The summed E-state index contributed by atoms with van der Waals surface area (Å²) in [5.74, 6) is -0.236. The zero-order chi connectivity index (χ0) is 20.8. The summed E-state index contributed by atoms with van der Waals surface area (Å²) in [6.45, 7) is 9.11. The molecule has 6 nitrogen and oxygen atoms in total. The molecule has 3 heterocycles. The lowest BCUT2D eigenvalue weighted by atomic mass is 9.93.